The third kappa shape index (κ3) is 4.72. The van der Waals surface area contributed by atoms with Gasteiger partial charge in [0.05, 0.1) is 0 Å². The molecule has 1 N–H and O–H groups in total. The van der Waals surface area contributed by atoms with Gasteiger partial charge in [0.2, 0.25) is 5.95 Å². The Hall–Kier alpha value is -0.980. The van der Waals surface area contributed by atoms with Crippen molar-refractivity contribution in [2.45, 2.75) is 37.4 Å². The number of hydrogen-bond acceptors (Lipinski definition) is 4. The van der Waals surface area contributed by atoms with Crippen LogP contribution < -0.4 is 5.32 Å². The fourth-order valence-corrected chi connectivity index (χ4v) is 2.19. The maximum absolute atomic E-state index is 12.6. The van der Waals surface area contributed by atoms with Gasteiger partial charge in [-0.05, 0) is 12.2 Å². The lowest BCUT2D eigenvalue weighted by atomic mass is 10.3. The van der Waals surface area contributed by atoms with Gasteiger partial charge in [0.25, 0.3) is 0 Å². The van der Waals surface area contributed by atoms with Crippen molar-refractivity contribution in [2.24, 2.45) is 0 Å². The van der Waals surface area contributed by atoms with Gasteiger partial charge in [0, 0.05) is 13.1 Å². The smallest absolute Gasteiger partial charge is 0.357 e. The second-order valence-corrected chi connectivity index (χ2v) is 4.83. The van der Waals surface area contributed by atoms with E-state index in [-0.39, 0.29) is 5.95 Å². The highest BCUT2D eigenvalue weighted by Crippen LogP contribution is 2.30. The number of nitrogens with zero attached hydrogens (tertiary/aromatic N) is 2. The number of rotatable bonds is 6. The Balaban J connectivity index is 2.78. The molecule has 0 aliphatic rings. The highest BCUT2D eigenvalue weighted by atomic mass is 32.2. The summed E-state index contributed by atoms with van der Waals surface area (Å²) < 4.78 is 37.8. The van der Waals surface area contributed by atoms with Crippen molar-refractivity contribution in [3.05, 3.63) is 11.8 Å². The van der Waals surface area contributed by atoms with Gasteiger partial charge < -0.3 is 5.32 Å². The van der Waals surface area contributed by atoms with Crippen molar-refractivity contribution in [3.63, 3.8) is 0 Å². The highest BCUT2D eigenvalue weighted by molar-refractivity contribution is 7.99. The van der Waals surface area contributed by atoms with E-state index in [2.05, 4.69) is 22.2 Å². The zero-order chi connectivity index (χ0) is 13.6. The van der Waals surface area contributed by atoms with Gasteiger partial charge >= 0.3 is 6.18 Å². The molecule has 7 heteroatoms. The van der Waals surface area contributed by atoms with Crippen LogP contribution in [0.2, 0.25) is 0 Å². The molecule has 0 fully saturated rings. The van der Waals surface area contributed by atoms with E-state index in [0.29, 0.717) is 5.03 Å². The zero-order valence-corrected chi connectivity index (χ0v) is 11.2. The molecule has 0 spiro atoms. The Morgan fingerprint density at radius 1 is 1.28 bits per heavy atom. The van der Waals surface area contributed by atoms with Crippen LogP contribution >= 0.6 is 11.8 Å². The lowest BCUT2D eigenvalue weighted by molar-refractivity contribution is -0.141. The molecule has 0 aliphatic heterocycles. The second kappa shape index (κ2) is 6.82. The molecule has 1 aromatic rings. The number of nitrogens with one attached hydrogen (secondary N) is 1. The van der Waals surface area contributed by atoms with Gasteiger partial charge in [0.1, 0.15) is 5.03 Å². The Morgan fingerprint density at radius 2 is 2.00 bits per heavy atom. The summed E-state index contributed by atoms with van der Waals surface area (Å²) >= 11 is 1.33. The van der Waals surface area contributed by atoms with Crippen molar-refractivity contribution in [3.8, 4) is 0 Å². The molecular formula is C11H16F3N3S. The van der Waals surface area contributed by atoms with E-state index in [1.165, 1.54) is 18.8 Å². The first-order chi connectivity index (χ1) is 8.47. The van der Waals surface area contributed by atoms with Crippen LogP contribution in [0.3, 0.4) is 0 Å². The fourth-order valence-electron chi connectivity index (χ4n) is 1.28. The monoisotopic (exact) mass is 279 g/mol. The second-order valence-electron chi connectivity index (χ2n) is 3.72. The van der Waals surface area contributed by atoms with E-state index in [4.69, 9.17) is 0 Å². The van der Waals surface area contributed by atoms with Gasteiger partial charge in [-0.25, -0.2) is 9.97 Å². The molecule has 0 radical (unpaired) electrons. The third-order valence-electron chi connectivity index (χ3n) is 2.21. The van der Waals surface area contributed by atoms with Gasteiger partial charge in [0.15, 0.2) is 5.69 Å². The summed E-state index contributed by atoms with van der Waals surface area (Å²) in [6.07, 6.45) is -1.31. The summed E-state index contributed by atoms with van der Waals surface area (Å²) in [5.74, 6) is 0.772. The first-order valence-corrected chi connectivity index (χ1v) is 6.72. The van der Waals surface area contributed by atoms with Crippen molar-refractivity contribution in [1.82, 2.24) is 9.97 Å². The number of halogens is 3. The summed E-state index contributed by atoms with van der Waals surface area (Å²) in [6, 6.07) is 0.997. The summed E-state index contributed by atoms with van der Waals surface area (Å²) in [5.41, 5.74) is -0.903. The lowest BCUT2D eigenvalue weighted by Crippen LogP contribution is -2.11. The van der Waals surface area contributed by atoms with Crippen molar-refractivity contribution in [2.75, 3.05) is 18.1 Å². The molecule has 0 saturated carbocycles. The fraction of sp³-hybridized carbons (Fsp3) is 0.636. The van der Waals surface area contributed by atoms with Crippen LogP contribution in [-0.2, 0) is 6.18 Å². The van der Waals surface area contributed by atoms with E-state index in [0.717, 1.165) is 31.1 Å². The predicted molar refractivity (Wildman–Crippen MR) is 66.8 cm³/mol. The average Bonchev–Trinajstić information content (AvgIpc) is 2.33. The van der Waals surface area contributed by atoms with E-state index in [1.54, 1.807) is 0 Å². The molecule has 0 saturated heterocycles. The summed E-state index contributed by atoms with van der Waals surface area (Å²) in [5, 5.41) is 2.90. The van der Waals surface area contributed by atoms with E-state index >= 15 is 0 Å². The molecule has 18 heavy (non-hydrogen) atoms. The van der Waals surface area contributed by atoms with Gasteiger partial charge in [-0.3, -0.25) is 0 Å². The number of unbranched alkanes of at least 4 members (excludes halogenated alkanes) is 2. The third-order valence-corrected chi connectivity index (χ3v) is 3.21. The molecular weight excluding hydrogens is 263 g/mol. The van der Waals surface area contributed by atoms with E-state index < -0.39 is 11.9 Å². The van der Waals surface area contributed by atoms with Crippen LogP contribution in [0.4, 0.5) is 19.1 Å². The van der Waals surface area contributed by atoms with Crippen LogP contribution in [0.5, 0.6) is 0 Å². The molecule has 0 aliphatic carbocycles. The lowest BCUT2D eigenvalue weighted by Gasteiger charge is -2.09. The van der Waals surface area contributed by atoms with Crippen LogP contribution in [0.15, 0.2) is 11.1 Å². The van der Waals surface area contributed by atoms with E-state index in [1.807, 2.05) is 0 Å². The quantitative estimate of drug-likeness (QED) is 0.488. The molecule has 3 nitrogen and oxygen atoms in total. The number of anilines is 1. The Kier molecular flexibility index (Phi) is 5.71. The van der Waals surface area contributed by atoms with E-state index in [9.17, 15) is 13.2 Å². The zero-order valence-electron chi connectivity index (χ0n) is 10.3. The Labute approximate surface area is 109 Å². The first kappa shape index (κ1) is 15.1. The van der Waals surface area contributed by atoms with Crippen LogP contribution in [0.25, 0.3) is 0 Å². The van der Waals surface area contributed by atoms with Crippen molar-refractivity contribution in [1.29, 1.82) is 0 Å². The van der Waals surface area contributed by atoms with Gasteiger partial charge in [-0.15, -0.1) is 11.8 Å². The Bertz CT molecular complexity index is 382. The number of alkyl halides is 3. The highest BCUT2D eigenvalue weighted by Gasteiger charge is 2.33. The summed E-state index contributed by atoms with van der Waals surface area (Å²) in [6.45, 7) is 2.08. The number of hydrogen-bond donors (Lipinski definition) is 1. The maximum Gasteiger partial charge on any atom is 0.433 e. The summed E-state index contributed by atoms with van der Waals surface area (Å²) in [4.78, 5) is 7.41. The number of thioether (sulfide) groups is 1. The summed E-state index contributed by atoms with van der Waals surface area (Å²) in [7, 11) is 1.50. The molecule has 0 bridgehead atoms. The molecule has 1 rings (SSSR count). The predicted octanol–water partition coefficient (Wildman–Crippen LogP) is 3.82. The van der Waals surface area contributed by atoms with Crippen molar-refractivity contribution < 1.29 is 13.2 Å². The largest absolute Gasteiger partial charge is 0.433 e. The first-order valence-electron chi connectivity index (χ1n) is 5.74. The molecule has 0 aromatic carbocycles. The normalized spacial score (nSPS) is 11.6. The van der Waals surface area contributed by atoms with Gasteiger partial charge in [-0.2, -0.15) is 13.2 Å². The van der Waals surface area contributed by atoms with Crippen molar-refractivity contribution >= 4 is 17.7 Å². The van der Waals surface area contributed by atoms with Crippen LogP contribution in [0, 0.1) is 0 Å². The molecule has 0 amide bonds. The van der Waals surface area contributed by atoms with Crippen LogP contribution in [0.1, 0.15) is 31.9 Å². The molecule has 102 valence electrons. The molecule has 1 aromatic heterocycles. The Morgan fingerprint density at radius 3 is 2.56 bits per heavy atom. The number of aromatic nitrogens is 2. The minimum atomic E-state index is -4.44. The topological polar surface area (TPSA) is 37.8 Å². The molecule has 0 atom stereocenters. The van der Waals surface area contributed by atoms with Crippen LogP contribution in [-0.4, -0.2) is 22.8 Å². The van der Waals surface area contributed by atoms with Gasteiger partial charge in [-0.1, -0.05) is 19.8 Å². The maximum atomic E-state index is 12.6. The SMILES string of the molecule is CCCCCSc1cc(C(F)(F)F)nc(NC)n1. The minimum Gasteiger partial charge on any atom is -0.357 e. The molecule has 0 unspecified atom stereocenters. The molecule has 1 heterocycles. The minimum absolute atomic E-state index is 0.00261. The standard InChI is InChI=1S/C11H16F3N3S/c1-3-4-5-6-18-9-7-8(11(12,13)14)16-10(15-2)17-9/h7H,3-6H2,1-2H3,(H,15,16,17). The average molecular weight is 279 g/mol.